The van der Waals surface area contributed by atoms with Crippen LogP contribution in [0.4, 0.5) is 4.39 Å². The van der Waals surface area contributed by atoms with Crippen molar-refractivity contribution in [2.75, 3.05) is 46.5 Å². The summed E-state index contributed by atoms with van der Waals surface area (Å²) in [4.78, 5) is 4.80. The second kappa shape index (κ2) is 12.9. The molecule has 1 aliphatic rings. The number of benzene rings is 2. The van der Waals surface area contributed by atoms with Crippen molar-refractivity contribution in [2.45, 2.75) is 39.5 Å². The van der Waals surface area contributed by atoms with Crippen molar-refractivity contribution in [3.63, 3.8) is 0 Å². The second-order valence-electron chi connectivity index (χ2n) is 8.57. The summed E-state index contributed by atoms with van der Waals surface area (Å²) >= 11 is 0. The van der Waals surface area contributed by atoms with E-state index in [1.165, 1.54) is 5.56 Å². The van der Waals surface area contributed by atoms with Gasteiger partial charge in [-0.2, -0.15) is 0 Å². The smallest absolute Gasteiger partial charge is 0.127 e. The molecule has 1 saturated heterocycles. The molecule has 0 radical (unpaired) electrons. The Hall–Kier alpha value is -1.99. The monoisotopic (exact) mass is 444 g/mol. The lowest BCUT2D eigenvalue weighted by Crippen LogP contribution is -2.39. The number of rotatable bonds is 12. The zero-order valence-electron chi connectivity index (χ0n) is 19.4. The van der Waals surface area contributed by atoms with Gasteiger partial charge in [0.05, 0.1) is 19.8 Å². The Bertz CT molecular complexity index is 824. The minimum absolute atomic E-state index is 0.0261. The Morgan fingerprint density at radius 3 is 2.59 bits per heavy atom. The summed E-state index contributed by atoms with van der Waals surface area (Å²) < 4.78 is 24.9. The molecule has 0 unspecified atom stereocenters. The van der Waals surface area contributed by atoms with Crippen LogP contribution in [0.1, 0.15) is 36.5 Å². The van der Waals surface area contributed by atoms with E-state index in [2.05, 4.69) is 15.9 Å². The zero-order valence-corrected chi connectivity index (χ0v) is 19.4. The van der Waals surface area contributed by atoms with E-state index in [4.69, 9.17) is 9.47 Å². The SMILES string of the molecule is CCOc1ccc(CN(CCOC)CC2CCN(Cc3ccccc3F)CC2)cc1CO. The van der Waals surface area contributed by atoms with Crippen molar-refractivity contribution in [2.24, 2.45) is 5.92 Å². The van der Waals surface area contributed by atoms with Crippen LogP contribution >= 0.6 is 0 Å². The fraction of sp³-hybridized carbons (Fsp3) is 0.538. The zero-order chi connectivity index (χ0) is 22.8. The summed E-state index contributed by atoms with van der Waals surface area (Å²) in [7, 11) is 1.74. The standard InChI is InChI=1S/C26H37FN2O3/c1-3-32-26-9-8-22(16-24(26)20-30)18-29(14-15-31-2)17-21-10-12-28(13-11-21)19-23-6-4-5-7-25(23)27/h4-9,16,21,30H,3,10-15,17-20H2,1-2H3. The van der Waals surface area contributed by atoms with Crippen LogP contribution in [0, 0.1) is 11.7 Å². The maximum atomic E-state index is 14.0. The first kappa shape index (κ1) is 24.6. The summed E-state index contributed by atoms with van der Waals surface area (Å²) in [5, 5.41) is 9.71. The number of nitrogens with zero attached hydrogens (tertiary/aromatic N) is 2. The van der Waals surface area contributed by atoms with Crippen molar-refractivity contribution < 1.29 is 19.0 Å². The van der Waals surface area contributed by atoms with Gasteiger partial charge in [-0.25, -0.2) is 4.39 Å². The van der Waals surface area contributed by atoms with Gasteiger partial charge in [0.1, 0.15) is 11.6 Å². The summed E-state index contributed by atoms with van der Waals surface area (Å²) in [6, 6.07) is 13.2. The number of ether oxygens (including phenoxy) is 2. The number of likely N-dealkylation sites (tertiary alicyclic amines) is 1. The molecule has 0 aromatic heterocycles. The summed E-state index contributed by atoms with van der Waals surface area (Å²) in [6.07, 6.45) is 2.23. The van der Waals surface area contributed by atoms with Gasteiger partial charge < -0.3 is 14.6 Å². The molecule has 5 nitrogen and oxygen atoms in total. The topological polar surface area (TPSA) is 45.2 Å². The number of aliphatic hydroxyl groups is 1. The van der Waals surface area contributed by atoms with Gasteiger partial charge in [0.2, 0.25) is 0 Å². The predicted molar refractivity (Wildman–Crippen MR) is 125 cm³/mol. The molecule has 0 saturated carbocycles. The Kier molecular flexibility index (Phi) is 9.93. The molecule has 1 N–H and O–H groups in total. The van der Waals surface area contributed by atoms with Crippen molar-refractivity contribution in [3.05, 3.63) is 65.0 Å². The van der Waals surface area contributed by atoms with Gasteiger partial charge in [-0.1, -0.05) is 24.3 Å². The molecule has 2 aromatic carbocycles. The fourth-order valence-electron chi connectivity index (χ4n) is 4.42. The average Bonchev–Trinajstić information content (AvgIpc) is 2.81. The molecule has 6 heteroatoms. The number of hydrogen-bond donors (Lipinski definition) is 1. The van der Waals surface area contributed by atoms with E-state index in [1.54, 1.807) is 19.2 Å². The van der Waals surface area contributed by atoms with E-state index in [0.717, 1.165) is 62.4 Å². The fourth-order valence-corrected chi connectivity index (χ4v) is 4.42. The molecular formula is C26H37FN2O3. The van der Waals surface area contributed by atoms with Gasteiger partial charge in [0.15, 0.2) is 0 Å². The number of halogens is 1. The van der Waals surface area contributed by atoms with Crippen molar-refractivity contribution in [1.82, 2.24) is 9.80 Å². The highest BCUT2D eigenvalue weighted by molar-refractivity contribution is 5.37. The molecule has 2 aromatic rings. The van der Waals surface area contributed by atoms with Crippen LogP contribution in [0.3, 0.4) is 0 Å². The normalized spacial score (nSPS) is 15.4. The Morgan fingerprint density at radius 2 is 1.91 bits per heavy atom. The van der Waals surface area contributed by atoms with Crippen LogP contribution in [0.25, 0.3) is 0 Å². The first-order valence-electron chi connectivity index (χ1n) is 11.7. The van der Waals surface area contributed by atoms with E-state index < -0.39 is 0 Å². The van der Waals surface area contributed by atoms with E-state index in [0.29, 0.717) is 25.7 Å². The first-order valence-corrected chi connectivity index (χ1v) is 11.7. The predicted octanol–water partition coefficient (Wildman–Crippen LogP) is 4.08. The highest BCUT2D eigenvalue weighted by Gasteiger charge is 2.22. The van der Waals surface area contributed by atoms with Crippen LogP contribution in [0.5, 0.6) is 5.75 Å². The van der Waals surface area contributed by atoms with Gasteiger partial charge in [-0.15, -0.1) is 0 Å². The van der Waals surface area contributed by atoms with Crippen molar-refractivity contribution >= 4 is 0 Å². The third kappa shape index (κ3) is 7.27. The first-order chi connectivity index (χ1) is 15.6. The molecule has 32 heavy (non-hydrogen) atoms. The molecule has 1 fully saturated rings. The Morgan fingerprint density at radius 1 is 1.12 bits per heavy atom. The van der Waals surface area contributed by atoms with Crippen molar-refractivity contribution in [3.8, 4) is 5.75 Å². The number of methoxy groups -OCH3 is 1. The van der Waals surface area contributed by atoms with Crippen LogP contribution < -0.4 is 4.74 Å². The molecule has 1 heterocycles. The molecule has 1 aliphatic heterocycles. The van der Waals surface area contributed by atoms with Crippen LogP contribution in [0.15, 0.2) is 42.5 Å². The molecule has 176 valence electrons. The van der Waals surface area contributed by atoms with Crippen LogP contribution in [-0.2, 0) is 24.4 Å². The third-order valence-corrected chi connectivity index (χ3v) is 6.19. The summed E-state index contributed by atoms with van der Waals surface area (Å²) in [6.45, 7) is 8.57. The molecule has 0 spiro atoms. The molecule has 0 aliphatic carbocycles. The lowest BCUT2D eigenvalue weighted by atomic mass is 9.95. The Labute approximate surface area is 191 Å². The van der Waals surface area contributed by atoms with Gasteiger partial charge in [-0.3, -0.25) is 9.80 Å². The highest BCUT2D eigenvalue weighted by atomic mass is 19.1. The quantitative estimate of drug-likeness (QED) is 0.535. The molecule has 0 atom stereocenters. The van der Waals surface area contributed by atoms with E-state index >= 15 is 0 Å². The summed E-state index contributed by atoms with van der Waals surface area (Å²) in [5.74, 6) is 1.26. The molecule has 3 rings (SSSR count). The van der Waals surface area contributed by atoms with Gasteiger partial charge in [0.25, 0.3) is 0 Å². The minimum Gasteiger partial charge on any atom is -0.494 e. The third-order valence-electron chi connectivity index (χ3n) is 6.19. The average molecular weight is 445 g/mol. The summed E-state index contributed by atoms with van der Waals surface area (Å²) in [5.41, 5.74) is 2.78. The maximum absolute atomic E-state index is 14.0. The molecule has 0 bridgehead atoms. The van der Waals surface area contributed by atoms with Gasteiger partial charge in [0, 0.05) is 44.4 Å². The Balaban J connectivity index is 1.55. The lowest BCUT2D eigenvalue weighted by Gasteiger charge is -2.35. The maximum Gasteiger partial charge on any atom is 0.127 e. The van der Waals surface area contributed by atoms with E-state index in [1.807, 2.05) is 31.2 Å². The number of piperidine rings is 1. The van der Waals surface area contributed by atoms with Crippen molar-refractivity contribution in [1.29, 1.82) is 0 Å². The van der Waals surface area contributed by atoms with Crippen LogP contribution in [0.2, 0.25) is 0 Å². The van der Waals surface area contributed by atoms with Crippen LogP contribution in [-0.4, -0.2) is 61.4 Å². The van der Waals surface area contributed by atoms with Gasteiger partial charge >= 0.3 is 0 Å². The van der Waals surface area contributed by atoms with E-state index in [-0.39, 0.29) is 12.4 Å². The molecular weight excluding hydrogens is 407 g/mol. The second-order valence-corrected chi connectivity index (χ2v) is 8.57. The molecule has 0 amide bonds. The van der Waals surface area contributed by atoms with Gasteiger partial charge in [-0.05, 0) is 62.5 Å². The highest BCUT2D eigenvalue weighted by Crippen LogP contribution is 2.24. The lowest BCUT2D eigenvalue weighted by molar-refractivity contribution is 0.106. The largest absolute Gasteiger partial charge is 0.494 e. The number of hydrogen-bond acceptors (Lipinski definition) is 5. The number of aliphatic hydroxyl groups excluding tert-OH is 1. The minimum atomic E-state index is -0.113. The van der Waals surface area contributed by atoms with E-state index in [9.17, 15) is 9.50 Å².